The van der Waals surface area contributed by atoms with E-state index < -0.39 is 0 Å². The lowest BCUT2D eigenvalue weighted by Crippen LogP contribution is -1.96. The zero-order chi connectivity index (χ0) is 12.3. The number of ether oxygens (including phenoxy) is 1. The molecule has 0 spiro atoms. The first-order chi connectivity index (χ1) is 8.15. The Balaban J connectivity index is 2.04. The Bertz CT molecular complexity index is 511. The average Bonchev–Trinajstić information content (AvgIpc) is 2.30. The third-order valence-corrected chi connectivity index (χ3v) is 2.96. The van der Waals surface area contributed by atoms with Crippen LogP contribution in [0.3, 0.4) is 0 Å². The van der Waals surface area contributed by atoms with Crippen molar-refractivity contribution in [3.63, 3.8) is 0 Å². The van der Waals surface area contributed by atoms with E-state index in [4.69, 9.17) is 4.74 Å². The van der Waals surface area contributed by atoms with Crippen molar-refractivity contribution in [1.82, 2.24) is 0 Å². The Labute approximate surface area is 106 Å². The molecular formula is C13H9BrF2O. The number of benzene rings is 2. The third kappa shape index (κ3) is 3.27. The van der Waals surface area contributed by atoms with Crippen LogP contribution in [0.5, 0.6) is 5.75 Å². The van der Waals surface area contributed by atoms with Gasteiger partial charge in [-0.3, -0.25) is 0 Å². The van der Waals surface area contributed by atoms with E-state index in [0.717, 1.165) is 5.56 Å². The van der Waals surface area contributed by atoms with E-state index in [1.54, 1.807) is 18.2 Å². The van der Waals surface area contributed by atoms with Gasteiger partial charge in [0, 0.05) is 10.0 Å². The maximum Gasteiger partial charge on any atom is 0.124 e. The predicted molar refractivity (Wildman–Crippen MR) is 64.8 cm³/mol. The highest BCUT2D eigenvalue weighted by atomic mass is 79.9. The van der Waals surface area contributed by atoms with Crippen LogP contribution in [-0.4, -0.2) is 0 Å². The van der Waals surface area contributed by atoms with Crippen LogP contribution in [-0.2, 0) is 6.61 Å². The largest absolute Gasteiger partial charge is 0.489 e. The SMILES string of the molecule is Fc1ccc(OCc2ccc(F)cc2Br)cc1. The van der Waals surface area contributed by atoms with Gasteiger partial charge in [-0.2, -0.15) is 0 Å². The molecule has 0 aromatic heterocycles. The van der Waals surface area contributed by atoms with Gasteiger partial charge < -0.3 is 4.74 Å². The first-order valence-corrected chi connectivity index (χ1v) is 5.77. The molecule has 0 radical (unpaired) electrons. The van der Waals surface area contributed by atoms with Crippen LogP contribution < -0.4 is 4.74 Å². The fourth-order valence-corrected chi connectivity index (χ4v) is 1.80. The van der Waals surface area contributed by atoms with Crippen LogP contribution in [0.15, 0.2) is 46.9 Å². The summed E-state index contributed by atoms with van der Waals surface area (Å²) in [6, 6.07) is 10.1. The van der Waals surface area contributed by atoms with Gasteiger partial charge in [-0.15, -0.1) is 0 Å². The first kappa shape index (κ1) is 12.0. The van der Waals surface area contributed by atoms with Crippen molar-refractivity contribution >= 4 is 15.9 Å². The topological polar surface area (TPSA) is 9.23 Å². The van der Waals surface area contributed by atoms with Crippen molar-refractivity contribution in [3.8, 4) is 5.75 Å². The van der Waals surface area contributed by atoms with Gasteiger partial charge in [0.1, 0.15) is 24.0 Å². The fraction of sp³-hybridized carbons (Fsp3) is 0.0769. The minimum atomic E-state index is -0.305. The standard InChI is InChI=1S/C13H9BrF2O/c14-13-7-11(16)2-1-9(13)8-17-12-5-3-10(15)4-6-12/h1-7H,8H2. The van der Waals surface area contributed by atoms with Crippen molar-refractivity contribution in [2.24, 2.45) is 0 Å². The van der Waals surface area contributed by atoms with Crippen molar-refractivity contribution in [2.45, 2.75) is 6.61 Å². The molecular weight excluding hydrogens is 290 g/mol. The molecule has 0 atom stereocenters. The second-order valence-corrected chi connectivity index (χ2v) is 4.33. The van der Waals surface area contributed by atoms with Crippen LogP contribution in [0.2, 0.25) is 0 Å². The Hall–Kier alpha value is -1.42. The second-order valence-electron chi connectivity index (χ2n) is 3.48. The van der Waals surface area contributed by atoms with E-state index in [1.165, 1.54) is 24.3 Å². The van der Waals surface area contributed by atoms with E-state index >= 15 is 0 Å². The Kier molecular flexibility index (Phi) is 3.74. The second kappa shape index (κ2) is 5.27. The summed E-state index contributed by atoms with van der Waals surface area (Å²) < 4.78 is 31.6. The summed E-state index contributed by atoms with van der Waals surface area (Å²) >= 11 is 3.25. The molecule has 0 aliphatic carbocycles. The van der Waals surface area contributed by atoms with Gasteiger partial charge in [-0.1, -0.05) is 22.0 Å². The lowest BCUT2D eigenvalue weighted by atomic mass is 10.2. The predicted octanol–water partition coefficient (Wildman–Crippen LogP) is 4.31. The molecule has 2 rings (SSSR count). The molecule has 2 aromatic carbocycles. The highest BCUT2D eigenvalue weighted by Gasteiger charge is 2.02. The summed E-state index contributed by atoms with van der Waals surface area (Å²) in [6.45, 7) is 0.298. The molecule has 0 unspecified atom stereocenters. The normalized spacial score (nSPS) is 10.3. The minimum Gasteiger partial charge on any atom is -0.489 e. The number of halogens is 3. The molecule has 4 heteroatoms. The van der Waals surface area contributed by atoms with Gasteiger partial charge in [-0.05, 0) is 36.4 Å². The lowest BCUT2D eigenvalue weighted by Gasteiger charge is -2.07. The number of rotatable bonds is 3. The summed E-state index contributed by atoms with van der Waals surface area (Å²) in [4.78, 5) is 0. The average molecular weight is 299 g/mol. The number of hydrogen-bond acceptors (Lipinski definition) is 1. The van der Waals surface area contributed by atoms with Crippen LogP contribution >= 0.6 is 15.9 Å². The highest BCUT2D eigenvalue weighted by Crippen LogP contribution is 2.20. The Morgan fingerprint density at radius 1 is 0.941 bits per heavy atom. The molecule has 0 bridgehead atoms. The zero-order valence-electron chi connectivity index (χ0n) is 8.79. The maximum absolute atomic E-state index is 12.8. The van der Waals surface area contributed by atoms with Gasteiger partial charge in [0.05, 0.1) is 0 Å². The van der Waals surface area contributed by atoms with Crippen molar-refractivity contribution in [3.05, 3.63) is 64.1 Å². The molecule has 17 heavy (non-hydrogen) atoms. The molecule has 0 amide bonds. The van der Waals surface area contributed by atoms with Crippen molar-refractivity contribution in [1.29, 1.82) is 0 Å². The Morgan fingerprint density at radius 3 is 2.24 bits per heavy atom. The van der Waals surface area contributed by atoms with Gasteiger partial charge in [0.25, 0.3) is 0 Å². The molecule has 1 nitrogen and oxygen atoms in total. The van der Waals surface area contributed by atoms with E-state index in [1.807, 2.05) is 0 Å². The van der Waals surface area contributed by atoms with E-state index in [2.05, 4.69) is 15.9 Å². The summed E-state index contributed by atoms with van der Waals surface area (Å²) in [5, 5.41) is 0. The first-order valence-electron chi connectivity index (χ1n) is 4.97. The van der Waals surface area contributed by atoms with Gasteiger partial charge in [0.15, 0.2) is 0 Å². The molecule has 2 aromatic rings. The molecule has 88 valence electrons. The van der Waals surface area contributed by atoms with Crippen LogP contribution in [0.1, 0.15) is 5.56 Å². The smallest absolute Gasteiger partial charge is 0.124 e. The molecule has 0 N–H and O–H groups in total. The van der Waals surface area contributed by atoms with Crippen LogP contribution in [0.25, 0.3) is 0 Å². The molecule has 0 aliphatic rings. The van der Waals surface area contributed by atoms with E-state index in [-0.39, 0.29) is 11.6 Å². The van der Waals surface area contributed by atoms with E-state index in [0.29, 0.717) is 16.8 Å². The van der Waals surface area contributed by atoms with Gasteiger partial charge in [0.2, 0.25) is 0 Å². The zero-order valence-corrected chi connectivity index (χ0v) is 10.4. The van der Waals surface area contributed by atoms with E-state index in [9.17, 15) is 8.78 Å². The third-order valence-electron chi connectivity index (χ3n) is 2.22. The number of hydrogen-bond donors (Lipinski definition) is 0. The quantitative estimate of drug-likeness (QED) is 0.820. The van der Waals surface area contributed by atoms with Crippen LogP contribution in [0, 0.1) is 11.6 Å². The molecule has 0 saturated heterocycles. The molecule has 0 saturated carbocycles. The molecule has 0 aliphatic heterocycles. The lowest BCUT2D eigenvalue weighted by molar-refractivity contribution is 0.305. The minimum absolute atomic E-state index is 0.298. The molecule has 0 heterocycles. The summed E-state index contributed by atoms with van der Waals surface area (Å²) in [5.41, 5.74) is 0.829. The monoisotopic (exact) mass is 298 g/mol. The van der Waals surface area contributed by atoms with Crippen molar-refractivity contribution in [2.75, 3.05) is 0 Å². The summed E-state index contributed by atoms with van der Waals surface area (Å²) in [7, 11) is 0. The highest BCUT2D eigenvalue weighted by molar-refractivity contribution is 9.10. The Morgan fingerprint density at radius 2 is 1.59 bits per heavy atom. The fourth-order valence-electron chi connectivity index (χ4n) is 1.33. The maximum atomic E-state index is 12.8. The summed E-state index contributed by atoms with van der Waals surface area (Å²) in [5.74, 6) is -0.0367. The van der Waals surface area contributed by atoms with Gasteiger partial charge >= 0.3 is 0 Å². The van der Waals surface area contributed by atoms with Crippen molar-refractivity contribution < 1.29 is 13.5 Å². The molecule has 0 fully saturated rings. The van der Waals surface area contributed by atoms with Crippen LogP contribution in [0.4, 0.5) is 8.78 Å². The van der Waals surface area contributed by atoms with Gasteiger partial charge in [-0.25, -0.2) is 8.78 Å². The summed E-state index contributed by atoms with van der Waals surface area (Å²) in [6.07, 6.45) is 0.